The average Bonchev–Trinajstić information content (AvgIpc) is 2.47. The Morgan fingerprint density at radius 2 is 1.95 bits per heavy atom. The summed E-state index contributed by atoms with van der Waals surface area (Å²) in [4.78, 5) is 12.9. The van der Waals surface area contributed by atoms with E-state index >= 15 is 0 Å². The number of ketones is 1. The van der Waals surface area contributed by atoms with Crippen molar-refractivity contribution in [2.24, 2.45) is 5.92 Å². The SMILES string of the molecule is COC1(C(=O)c2cccc(OC(C)C)c2)CCC(C)CC1. The van der Waals surface area contributed by atoms with Gasteiger partial charge in [-0.25, -0.2) is 0 Å². The number of rotatable bonds is 5. The van der Waals surface area contributed by atoms with Crippen molar-refractivity contribution in [2.75, 3.05) is 7.11 Å². The van der Waals surface area contributed by atoms with Gasteiger partial charge in [0, 0.05) is 12.7 Å². The second-order valence-electron chi connectivity index (χ2n) is 6.40. The minimum atomic E-state index is -0.650. The topological polar surface area (TPSA) is 35.5 Å². The molecule has 1 saturated carbocycles. The third kappa shape index (κ3) is 3.65. The maximum atomic E-state index is 12.9. The van der Waals surface area contributed by atoms with Crippen LogP contribution in [-0.4, -0.2) is 24.6 Å². The quantitative estimate of drug-likeness (QED) is 0.760. The van der Waals surface area contributed by atoms with Crippen molar-refractivity contribution >= 4 is 5.78 Å². The Balaban J connectivity index is 2.21. The van der Waals surface area contributed by atoms with Gasteiger partial charge in [0.1, 0.15) is 11.4 Å². The number of hydrogen-bond acceptors (Lipinski definition) is 3. The van der Waals surface area contributed by atoms with E-state index in [0.717, 1.165) is 31.4 Å². The Hall–Kier alpha value is -1.35. The number of ether oxygens (including phenoxy) is 2. The fourth-order valence-electron chi connectivity index (χ4n) is 3.00. The van der Waals surface area contributed by atoms with Gasteiger partial charge in [-0.1, -0.05) is 19.1 Å². The van der Waals surface area contributed by atoms with Crippen molar-refractivity contribution in [3.63, 3.8) is 0 Å². The lowest BCUT2D eigenvalue weighted by Gasteiger charge is -2.37. The van der Waals surface area contributed by atoms with Crippen molar-refractivity contribution in [3.8, 4) is 5.75 Å². The maximum absolute atomic E-state index is 12.9. The van der Waals surface area contributed by atoms with Crippen LogP contribution in [0.15, 0.2) is 24.3 Å². The molecule has 0 aromatic heterocycles. The second kappa shape index (κ2) is 6.61. The van der Waals surface area contributed by atoms with Crippen LogP contribution >= 0.6 is 0 Å². The van der Waals surface area contributed by atoms with Gasteiger partial charge in [0.25, 0.3) is 0 Å². The summed E-state index contributed by atoms with van der Waals surface area (Å²) in [6.45, 7) is 6.20. The number of benzene rings is 1. The van der Waals surface area contributed by atoms with Gasteiger partial charge in [0.05, 0.1) is 6.10 Å². The van der Waals surface area contributed by atoms with Crippen LogP contribution < -0.4 is 4.74 Å². The molecule has 0 unspecified atom stereocenters. The molecule has 3 nitrogen and oxygen atoms in total. The first-order chi connectivity index (χ1) is 9.97. The monoisotopic (exact) mass is 290 g/mol. The van der Waals surface area contributed by atoms with E-state index in [2.05, 4.69) is 6.92 Å². The van der Waals surface area contributed by atoms with Gasteiger partial charge in [-0.2, -0.15) is 0 Å². The zero-order valence-corrected chi connectivity index (χ0v) is 13.5. The minimum absolute atomic E-state index is 0.0890. The van der Waals surface area contributed by atoms with Gasteiger partial charge in [0.2, 0.25) is 0 Å². The van der Waals surface area contributed by atoms with E-state index in [4.69, 9.17) is 9.47 Å². The molecule has 116 valence electrons. The molecule has 0 radical (unpaired) electrons. The van der Waals surface area contributed by atoms with E-state index < -0.39 is 5.60 Å². The van der Waals surface area contributed by atoms with Gasteiger partial charge < -0.3 is 9.47 Å². The minimum Gasteiger partial charge on any atom is -0.491 e. The van der Waals surface area contributed by atoms with Gasteiger partial charge >= 0.3 is 0 Å². The summed E-state index contributed by atoms with van der Waals surface area (Å²) in [5, 5.41) is 0. The van der Waals surface area contributed by atoms with E-state index in [1.165, 1.54) is 0 Å². The van der Waals surface area contributed by atoms with Crippen LogP contribution in [0.2, 0.25) is 0 Å². The van der Waals surface area contributed by atoms with Crippen molar-refractivity contribution in [1.29, 1.82) is 0 Å². The number of methoxy groups -OCH3 is 1. The Morgan fingerprint density at radius 1 is 1.29 bits per heavy atom. The number of Topliss-reactive ketones (excluding diaryl/α,β-unsaturated/α-hetero) is 1. The molecule has 2 rings (SSSR count). The lowest BCUT2D eigenvalue weighted by Crippen LogP contribution is -2.43. The molecule has 0 N–H and O–H groups in total. The van der Waals surface area contributed by atoms with Crippen molar-refractivity contribution in [2.45, 2.75) is 58.2 Å². The highest BCUT2D eigenvalue weighted by Gasteiger charge is 2.41. The summed E-state index contributed by atoms with van der Waals surface area (Å²) in [5.41, 5.74) is 0.0349. The average molecular weight is 290 g/mol. The lowest BCUT2D eigenvalue weighted by molar-refractivity contribution is -0.0263. The van der Waals surface area contributed by atoms with Crippen LogP contribution in [0.4, 0.5) is 0 Å². The van der Waals surface area contributed by atoms with Gasteiger partial charge in [-0.15, -0.1) is 0 Å². The molecular weight excluding hydrogens is 264 g/mol. The van der Waals surface area contributed by atoms with Crippen molar-refractivity contribution in [3.05, 3.63) is 29.8 Å². The third-order valence-electron chi connectivity index (χ3n) is 4.35. The van der Waals surface area contributed by atoms with Gasteiger partial charge in [-0.3, -0.25) is 4.79 Å². The molecule has 1 aromatic rings. The summed E-state index contributed by atoms with van der Waals surface area (Å²) in [7, 11) is 1.66. The molecule has 0 atom stereocenters. The molecule has 0 spiro atoms. The number of carbonyl (C=O) groups excluding carboxylic acids is 1. The Labute approximate surface area is 127 Å². The van der Waals surface area contributed by atoms with E-state index in [-0.39, 0.29) is 11.9 Å². The first-order valence-corrected chi connectivity index (χ1v) is 7.83. The number of hydrogen-bond donors (Lipinski definition) is 0. The molecule has 21 heavy (non-hydrogen) atoms. The maximum Gasteiger partial charge on any atom is 0.194 e. The molecule has 0 heterocycles. The first kappa shape index (κ1) is 16.0. The molecular formula is C18H26O3. The molecule has 0 saturated heterocycles. The van der Waals surface area contributed by atoms with E-state index in [1.807, 2.05) is 38.1 Å². The standard InChI is InChI=1S/C18H26O3/c1-13(2)21-16-7-5-6-15(12-16)17(19)18(20-4)10-8-14(3)9-11-18/h5-7,12-14H,8-11H2,1-4H3. The molecule has 1 aliphatic rings. The Morgan fingerprint density at radius 3 is 2.52 bits per heavy atom. The highest BCUT2D eigenvalue weighted by Crippen LogP contribution is 2.37. The van der Waals surface area contributed by atoms with Crippen LogP contribution in [-0.2, 0) is 4.74 Å². The Bertz CT molecular complexity index is 485. The normalized spacial score (nSPS) is 25.9. The van der Waals surface area contributed by atoms with Gasteiger partial charge in [0.15, 0.2) is 5.78 Å². The molecule has 3 heteroatoms. The molecule has 0 amide bonds. The van der Waals surface area contributed by atoms with Crippen LogP contribution in [0.3, 0.4) is 0 Å². The smallest absolute Gasteiger partial charge is 0.194 e. The first-order valence-electron chi connectivity index (χ1n) is 7.83. The highest BCUT2D eigenvalue weighted by molar-refractivity contribution is 6.02. The molecule has 0 bridgehead atoms. The third-order valence-corrected chi connectivity index (χ3v) is 4.35. The van der Waals surface area contributed by atoms with Crippen LogP contribution in [0.5, 0.6) is 5.75 Å². The van der Waals surface area contributed by atoms with Crippen LogP contribution in [0.1, 0.15) is 56.8 Å². The predicted octanol–water partition coefficient (Wildman–Crippen LogP) is 4.25. The molecule has 1 aromatic carbocycles. The number of carbonyl (C=O) groups is 1. The fraction of sp³-hybridized carbons (Fsp3) is 0.611. The second-order valence-corrected chi connectivity index (χ2v) is 6.40. The lowest BCUT2D eigenvalue weighted by atomic mass is 9.75. The largest absolute Gasteiger partial charge is 0.491 e. The summed E-state index contributed by atoms with van der Waals surface area (Å²) in [5.74, 6) is 1.51. The van der Waals surface area contributed by atoms with Crippen LogP contribution in [0, 0.1) is 5.92 Å². The van der Waals surface area contributed by atoms with E-state index in [1.54, 1.807) is 7.11 Å². The molecule has 1 aliphatic carbocycles. The van der Waals surface area contributed by atoms with Gasteiger partial charge in [-0.05, 0) is 57.6 Å². The van der Waals surface area contributed by atoms with E-state index in [0.29, 0.717) is 11.5 Å². The summed E-state index contributed by atoms with van der Waals surface area (Å²) < 4.78 is 11.4. The van der Waals surface area contributed by atoms with E-state index in [9.17, 15) is 4.79 Å². The highest BCUT2D eigenvalue weighted by atomic mass is 16.5. The fourth-order valence-corrected chi connectivity index (χ4v) is 3.00. The van der Waals surface area contributed by atoms with Crippen molar-refractivity contribution in [1.82, 2.24) is 0 Å². The zero-order valence-electron chi connectivity index (χ0n) is 13.5. The predicted molar refractivity (Wildman–Crippen MR) is 83.9 cm³/mol. The summed E-state index contributed by atoms with van der Waals surface area (Å²) in [6.07, 6.45) is 3.79. The van der Waals surface area contributed by atoms with Crippen LogP contribution in [0.25, 0.3) is 0 Å². The molecule has 1 fully saturated rings. The summed E-state index contributed by atoms with van der Waals surface area (Å²) in [6, 6.07) is 7.45. The Kier molecular flexibility index (Phi) is 5.04. The molecule has 0 aliphatic heterocycles. The zero-order chi connectivity index (χ0) is 15.5. The van der Waals surface area contributed by atoms with Crippen molar-refractivity contribution < 1.29 is 14.3 Å². The summed E-state index contributed by atoms with van der Waals surface area (Å²) >= 11 is 0.